The predicted molar refractivity (Wildman–Crippen MR) is 72.9 cm³/mol. The van der Waals surface area contributed by atoms with Crippen molar-refractivity contribution < 1.29 is 13.2 Å². The average Bonchev–Trinajstić information content (AvgIpc) is 2.39. The number of sulfone groups is 1. The van der Waals surface area contributed by atoms with Crippen molar-refractivity contribution in [3.05, 3.63) is 29.8 Å². The molecule has 1 aromatic carbocycles. The predicted octanol–water partition coefficient (Wildman–Crippen LogP) is 0.572. The molecule has 1 fully saturated rings. The summed E-state index contributed by atoms with van der Waals surface area (Å²) in [6.45, 7) is 1.74. The Labute approximate surface area is 113 Å². The van der Waals surface area contributed by atoms with Crippen LogP contribution in [0.3, 0.4) is 0 Å². The van der Waals surface area contributed by atoms with E-state index in [1.54, 1.807) is 12.1 Å². The van der Waals surface area contributed by atoms with Crippen LogP contribution in [-0.4, -0.2) is 39.7 Å². The molecule has 0 unspecified atom stereocenters. The van der Waals surface area contributed by atoms with E-state index in [1.807, 2.05) is 0 Å². The van der Waals surface area contributed by atoms with Crippen molar-refractivity contribution in [1.82, 2.24) is 10.6 Å². The fourth-order valence-corrected chi connectivity index (χ4v) is 2.78. The highest BCUT2D eigenvalue weighted by molar-refractivity contribution is 7.90. The minimum Gasteiger partial charge on any atom is -0.348 e. The minimum atomic E-state index is -3.28. The van der Waals surface area contributed by atoms with Gasteiger partial charge in [0.15, 0.2) is 9.84 Å². The van der Waals surface area contributed by atoms with Gasteiger partial charge in [0.2, 0.25) is 0 Å². The topological polar surface area (TPSA) is 75.3 Å². The summed E-state index contributed by atoms with van der Waals surface area (Å²) in [6, 6.07) is 6.24. The van der Waals surface area contributed by atoms with Crippen LogP contribution in [0.15, 0.2) is 29.2 Å². The van der Waals surface area contributed by atoms with Gasteiger partial charge in [-0.25, -0.2) is 8.42 Å². The molecule has 1 heterocycles. The van der Waals surface area contributed by atoms with E-state index in [-0.39, 0.29) is 16.8 Å². The normalized spacial score (nSPS) is 19.9. The molecule has 1 atom stereocenters. The zero-order chi connectivity index (χ0) is 13.9. The molecule has 1 amide bonds. The van der Waals surface area contributed by atoms with Crippen LogP contribution in [0.1, 0.15) is 23.2 Å². The van der Waals surface area contributed by atoms with Crippen LogP contribution in [0.2, 0.25) is 0 Å². The molecule has 2 N–H and O–H groups in total. The minimum absolute atomic E-state index is 0.114. The highest BCUT2D eigenvalue weighted by atomic mass is 32.2. The third-order valence-corrected chi connectivity index (χ3v) is 4.27. The zero-order valence-corrected chi connectivity index (χ0v) is 11.7. The van der Waals surface area contributed by atoms with Crippen molar-refractivity contribution in [1.29, 1.82) is 0 Å². The largest absolute Gasteiger partial charge is 0.348 e. The quantitative estimate of drug-likeness (QED) is 0.850. The van der Waals surface area contributed by atoms with Crippen molar-refractivity contribution in [3.8, 4) is 0 Å². The van der Waals surface area contributed by atoms with Crippen LogP contribution in [-0.2, 0) is 9.84 Å². The van der Waals surface area contributed by atoms with Gasteiger partial charge in [-0.1, -0.05) is 6.07 Å². The second-order valence-corrected chi connectivity index (χ2v) is 6.83. The van der Waals surface area contributed by atoms with Crippen molar-refractivity contribution in [2.45, 2.75) is 23.8 Å². The molecule has 104 valence electrons. The van der Waals surface area contributed by atoms with Crippen molar-refractivity contribution >= 4 is 15.7 Å². The third-order valence-electron chi connectivity index (χ3n) is 3.16. The maximum atomic E-state index is 12.1. The molecule has 5 nitrogen and oxygen atoms in total. The van der Waals surface area contributed by atoms with Gasteiger partial charge in [0.05, 0.1) is 4.90 Å². The maximum Gasteiger partial charge on any atom is 0.251 e. The van der Waals surface area contributed by atoms with Gasteiger partial charge in [0.25, 0.3) is 5.91 Å². The lowest BCUT2D eigenvalue weighted by Crippen LogP contribution is -2.45. The van der Waals surface area contributed by atoms with Gasteiger partial charge in [-0.2, -0.15) is 0 Å². The number of rotatable bonds is 3. The number of carbonyl (C=O) groups is 1. The molecule has 0 saturated carbocycles. The molecule has 1 aliphatic rings. The summed E-state index contributed by atoms with van der Waals surface area (Å²) in [5.74, 6) is -0.223. The summed E-state index contributed by atoms with van der Waals surface area (Å²) in [5, 5.41) is 6.13. The molecule has 6 heteroatoms. The van der Waals surface area contributed by atoms with E-state index in [9.17, 15) is 13.2 Å². The van der Waals surface area contributed by atoms with Crippen molar-refractivity contribution in [2.75, 3.05) is 19.3 Å². The molecule has 19 heavy (non-hydrogen) atoms. The second-order valence-electron chi connectivity index (χ2n) is 4.82. The molecule has 2 rings (SSSR count). The summed E-state index contributed by atoms with van der Waals surface area (Å²) < 4.78 is 22.9. The van der Waals surface area contributed by atoms with E-state index >= 15 is 0 Å². The lowest BCUT2D eigenvalue weighted by atomic mass is 10.1. The highest BCUT2D eigenvalue weighted by Crippen LogP contribution is 2.12. The fraction of sp³-hybridized carbons (Fsp3) is 0.462. The zero-order valence-electron chi connectivity index (χ0n) is 10.8. The molecular weight excluding hydrogens is 264 g/mol. The van der Waals surface area contributed by atoms with E-state index in [2.05, 4.69) is 10.6 Å². The lowest BCUT2D eigenvalue weighted by molar-refractivity contribution is 0.0930. The first-order valence-corrected chi connectivity index (χ1v) is 8.17. The second kappa shape index (κ2) is 5.71. The molecule has 1 saturated heterocycles. The Balaban J connectivity index is 2.10. The van der Waals surface area contributed by atoms with E-state index in [0.29, 0.717) is 5.56 Å². The molecule has 1 aromatic rings. The number of hydrogen-bond donors (Lipinski definition) is 2. The number of hydrogen-bond acceptors (Lipinski definition) is 4. The SMILES string of the molecule is CS(=O)(=O)c1cccc(C(=O)N[C@H]2CCCNC2)c1. The van der Waals surface area contributed by atoms with Gasteiger partial charge < -0.3 is 10.6 Å². The average molecular weight is 282 g/mol. The smallest absolute Gasteiger partial charge is 0.251 e. The molecule has 1 aliphatic heterocycles. The lowest BCUT2D eigenvalue weighted by Gasteiger charge is -2.23. The summed E-state index contributed by atoms with van der Waals surface area (Å²) in [4.78, 5) is 12.2. The summed E-state index contributed by atoms with van der Waals surface area (Å²) in [6.07, 6.45) is 3.12. The van der Waals surface area contributed by atoms with Gasteiger partial charge in [0, 0.05) is 24.4 Å². The Bertz CT molecular complexity index is 563. The van der Waals surface area contributed by atoms with Crippen molar-refractivity contribution in [2.24, 2.45) is 0 Å². The number of benzene rings is 1. The fourth-order valence-electron chi connectivity index (χ4n) is 2.11. The first-order valence-electron chi connectivity index (χ1n) is 6.28. The van der Waals surface area contributed by atoms with Crippen LogP contribution < -0.4 is 10.6 Å². The molecule has 0 spiro atoms. The van der Waals surface area contributed by atoms with Gasteiger partial charge in [-0.3, -0.25) is 4.79 Å². The first kappa shape index (κ1) is 14.0. The Morgan fingerprint density at radius 3 is 2.84 bits per heavy atom. The third kappa shape index (κ3) is 3.78. The highest BCUT2D eigenvalue weighted by Gasteiger charge is 2.17. The van der Waals surface area contributed by atoms with Crippen molar-refractivity contribution in [3.63, 3.8) is 0 Å². The van der Waals surface area contributed by atoms with Crippen LogP contribution in [0.4, 0.5) is 0 Å². The Morgan fingerprint density at radius 2 is 2.21 bits per heavy atom. The molecule has 0 bridgehead atoms. The van der Waals surface area contributed by atoms with E-state index < -0.39 is 9.84 Å². The Hall–Kier alpha value is -1.40. The number of nitrogens with one attached hydrogen (secondary N) is 2. The summed E-state index contributed by atoms with van der Waals surface area (Å²) in [7, 11) is -3.28. The maximum absolute atomic E-state index is 12.1. The molecular formula is C13H18N2O3S. The van der Waals surface area contributed by atoms with E-state index in [4.69, 9.17) is 0 Å². The molecule has 0 aromatic heterocycles. The molecule has 0 radical (unpaired) electrons. The Kier molecular flexibility index (Phi) is 4.21. The Morgan fingerprint density at radius 1 is 1.42 bits per heavy atom. The van der Waals surface area contributed by atoms with Gasteiger partial charge in [0.1, 0.15) is 0 Å². The van der Waals surface area contributed by atoms with Gasteiger partial charge >= 0.3 is 0 Å². The van der Waals surface area contributed by atoms with Crippen LogP contribution in [0, 0.1) is 0 Å². The monoisotopic (exact) mass is 282 g/mol. The standard InChI is InChI=1S/C13H18N2O3S/c1-19(17,18)12-6-2-4-10(8-12)13(16)15-11-5-3-7-14-9-11/h2,4,6,8,11,14H,3,5,7,9H2,1H3,(H,15,16)/t11-/m0/s1. The van der Waals surface area contributed by atoms with Crippen LogP contribution >= 0.6 is 0 Å². The number of amides is 1. The van der Waals surface area contributed by atoms with E-state index in [1.165, 1.54) is 12.1 Å². The summed E-state index contributed by atoms with van der Waals surface area (Å²) >= 11 is 0. The van der Waals surface area contributed by atoms with E-state index in [0.717, 1.165) is 32.2 Å². The van der Waals surface area contributed by atoms with Crippen LogP contribution in [0.25, 0.3) is 0 Å². The summed E-state index contributed by atoms with van der Waals surface area (Å²) in [5.41, 5.74) is 0.383. The first-order chi connectivity index (χ1) is 8.97. The molecule has 0 aliphatic carbocycles. The number of piperidine rings is 1. The van der Waals surface area contributed by atoms with Gasteiger partial charge in [-0.05, 0) is 37.6 Å². The number of carbonyl (C=O) groups excluding carboxylic acids is 1. The van der Waals surface area contributed by atoms with Crippen LogP contribution in [0.5, 0.6) is 0 Å². The van der Waals surface area contributed by atoms with Gasteiger partial charge in [-0.15, -0.1) is 0 Å².